The van der Waals surface area contributed by atoms with Gasteiger partial charge in [-0.3, -0.25) is 0 Å². The molecule has 0 saturated heterocycles. The molecule has 0 spiro atoms. The van der Waals surface area contributed by atoms with Crippen LogP contribution in [0.5, 0.6) is 0 Å². The normalized spacial score (nSPS) is 10.5. The molecule has 0 amide bonds. The summed E-state index contributed by atoms with van der Waals surface area (Å²) in [5, 5.41) is 13.9. The Morgan fingerprint density at radius 1 is 1.05 bits per heavy atom. The summed E-state index contributed by atoms with van der Waals surface area (Å²) in [6.07, 6.45) is 7.32. The maximum atomic E-state index is 10.6. The Morgan fingerprint density at radius 3 is 2.48 bits per heavy atom. The summed E-state index contributed by atoms with van der Waals surface area (Å²) in [6, 6.07) is 10.6. The number of aromatic carboxylic acids is 1. The molecule has 0 atom stereocenters. The van der Waals surface area contributed by atoms with Gasteiger partial charge in [0.05, 0.1) is 12.2 Å². The molecule has 2 rings (SSSR count). The Labute approximate surface area is 124 Å². The van der Waals surface area contributed by atoms with Gasteiger partial charge in [-0.15, -0.1) is 0 Å². The molecule has 2 aromatic rings. The van der Waals surface area contributed by atoms with Gasteiger partial charge in [0, 0.05) is 18.7 Å². The fraction of sp³-hybridized carbons (Fsp3) is 0.353. The van der Waals surface area contributed by atoms with Crippen LogP contribution in [0, 0.1) is 0 Å². The summed E-state index contributed by atoms with van der Waals surface area (Å²) in [5.74, 6) is -0.0840. The molecule has 1 aromatic carbocycles. The molecule has 4 heteroatoms. The first-order chi connectivity index (χ1) is 10.3. The first-order valence-electron chi connectivity index (χ1n) is 7.33. The number of rotatable bonds is 9. The average Bonchev–Trinajstić information content (AvgIpc) is 3.00. The number of carbonyl (C=O) groups is 1. The number of unbranched alkanes of at least 4 members (excludes halogenated alkanes) is 3. The fourth-order valence-electron chi connectivity index (χ4n) is 2.19. The second kappa shape index (κ2) is 8.15. The number of furan rings is 1. The van der Waals surface area contributed by atoms with E-state index < -0.39 is 5.97 Å². The molecule has 1 N–H and O–H groups in total. The largest absolute Gasteiger partial charge is 0.545 e. The van der Waals surface area contributed by atoms with Crippen LogP contribution in [0.4, 0.5) is 5.69 Å². The van der Waals surface area contributed by atoms with Crippen molar-refractivity contribution in [2.75, 3.05) is 11.9 Å². The van der Waals surface area contributed by atoms with E-state index in [9.17, 15) is 9.90 Å². The van der Waals surface area contributed by atoms with Gasteiger partial charge in [-0.1, -0.05) is 25.0 Å². The summed E-state index contributed by atoms with van der Waals surface area (Å²) in [4.78, 5) is 10.6. The highest BCUT2D eigenvalue weighted by atomic mass is 16.4. The van der Waals surface area contributed by atoms with Gasteiger partial charge in [0.25, 0.3) is 0 Å². The van der Waals surface area contributed by atoms with Crippen LogP contribution in [0.25, 0.3) is 0 Å². The summed E-state index contributed by atoms with van der Waals surface area (Å²) in [5.41, 5.74) is 1.15. The van der Waals surface area contributed by atoms with Crippen molar-refractivity contribution in [3.63, 3.8) is 0 Å². The van der Waals surface area contributed by atoms with Crippen LogP contribution in [0.15, 0.2) is 47.1 Å². The monoisotopic (exact) mass is 286 g/mol. The van der Waals surface area contributed by atoms with Crippen LogP contribution < -0.4 is 10.4 Å². The molecule has 0 fully saturated rings. The topological polar surface area (TPSA) is 65.3 Å². The van der Waals surface area contributed by atoms with E-state index in [-0.39, 0.29) is 5.56 Å². The highest BCUT2D eigenvalue weighted by Gasteiger charge is 1.97. The molecule has 0 aliphatic heterocycles. The van der Waals surface area contributed by atoms with Gasteiger partial charge in [0.1, 0.15) is 5.76 Å². The average molecular weight is 286 g/mol. The van der Waals surface area contributed by atoms with Crippen LogP contribution in [-0.4, -0.2) is 12.5 Å². The third-order valence-electron chi connectivity index (χ3n) is 3.38. The zero-order valence-electron chi connectivity index (χ0n) is 12.0. The highest BCUT2D eigenvalue weighted by molar-refractivity contribution is 5.86. The first kappa shape index (κ1) is 15.2. The minimum Gasteiger partial charge on any atom is -0.545 e. The van der Waals surface area contributed by atoms with Gasteiger partial charge in [0.15, 0.2) is 0 Å². The Kier molecular flexibility index (Phi) is 5.88. The number of hydrogen-bond donors (Lipinski definition) is 1. The predicted molar refractivity (Wildman–Crippen MR) is 80.1 cm³/mol. The number of anilines is 1. The Morgan fingerprint density at radius 2 is 1.81 bits per heavy atom. The van der Waals surface area contributed by atoms with Crippen LogP contribution in [0.1, 0.15) is 41.8 Å². The molecule has 4 nitrogen and oxygen atoms in total. The number of hydrogen-bond acceptors (Lipinski definition) is 4. The number of nitrogens with one attached hydrogen (secondary N) is 1. The van der Waals surface area contributed by atoms with E-state index in [0.717, 1.165) is 37.3 Å². The van der Waals surface area contributed by atoms with Gasteiger partial charge in [-0.2, -0.15) is 0 Å². The number of carboxylic acid groups (broad SMARTS) is 1. The van der Waals surface area contributed by atoms with E-state index in [1.165, 1.54) is 12.8 Å². The van der Waals surface area contributed by atoms with E-state index in [4.69, 9.17) is 4.42 Å². The lowest BCUT2D eigenvalue weighted by Crippen LogP contribution is -2.21. The zero-order valence-corrected chi connectivity index (χ0v) is 12.0. The van der Waals surface area contributed by atoms with Gasteiger partial charge in [-0.05, 0) is 42.7 Å². The maximum absolute atomic E-state index is 10.6. The molecule has 0 aliphatic rings. The van der Waals surface area contributed by atoms with E-state index in [0.29, 0.717) is 0 Å². The zero-order chi connectivity index (χ0) is 14.9. The van der Waals surface area contributed by atoms with Crippen molar-refractivity contribution < 1.29 is 14.3 Å². The van der Waals surface area contributed by atoms with Crippen LogP contribution in [-0.2, 0) is 6.42 Å². The van der Waals surface area contributed by atoms with E-state index >= 15 is 0 Å². The molecule has 112 valence electrons. The molecule has 0 bridgehead atoms. The van der Waals surface area contributed by atoms with Crippen molar-refractivity contribution in [1.82, 2.24) is 0 Å². The van der Waals surface area contributed by atoms with Crippen LogP contribution in [0.2, 0.25) is 0 Å². The lowest BCUT2D eigenvalue weighted by atomic mass is 10.1. The lowest BCUT2D eigenvalue weighted by molar-refractivity contribution is -0.255. The number of carboxylic acids is 1. The van der Waals surface area contributed by atoms with Gasteiger partial charge in [-0.25, -0.2) is 0 Å². The molecule has 1 heterocycles. The number of benzene rings is 1. The smallest absolute Gasteiger partial charge is 0.103 e. The van der Waals surface area contributed by atoms with E-state index in [1.54, 1.807) is 30.5 Å². The van der Waals surface area contributed by atoms with Crippen molar-refractivity contribution in [1.29, 1.82) is 0 Å². The third kappa shape index (κ3) is 5.34. The maximum Gasteiger partial charge on any atom is 0.103 e. The molecule has 0 radical (unpaired) electrons. The van der Waals surface area contributed by atoms with Crippen molar-refractivity contribution >= 4 is 11.7 Å². The van der Waals surface area contributed by atoms with Crippen molar-refractivity contribution in [3.8, 4) is 0 Å². The second-order valence-electron chi connectivity index (χ2n) is 5.04. The molecule has 0 aliphatic carbocycles. The predicted octanol–water partition coefficient (Wildman–Crippen LogP) is 2.86. The van der Waals surface area contributed by atoms with Gasteiger partial charge >= 0.3 is 0 Å². The SMILES string of the molecule is O=C([O-])c1ccc(NCCCCCCc2ccco2)cc1. The Balaban J connectivity index is 1.54. The van der Waals surface area contributed by atoms with Gasteiger partial charge < -0.3 is 19.6 Å². The molecule has 0 saturated carbocycles. The summed E-state index contributed by atoms with van der Waals surface area (Å²) < 4.78 is 5.29. The Bertz CT molecular complexity index is 532. The van der Waals surface area contributed by atoms with E-state index in [2.05, 4.69) is 5.32 Å². The van der Waals surface area contributed by atoms with Gasteiger partial charge in [0.2, 0.25) is 0 Å². The molecular weight excluding hydrogens is 266 g/mol. The number of carbonyl (C=O) groups excluding carboxylic acids is 1. The third-order valence-corrected chi connectivity index (χ3v) is 3.38. The molecule has 0 unspecified atom stereocenters. The lowest BCUT2D eigenvalue weighted by Gasteiger charge is -2.08. The Hall–Kier alpha value is -2.23. The van der Waals surface area contributed by atoms with E-state index in [1.807, 2.05) is 12.1 Å². The summed E-state index contributed by atoms with van der Waals surface area (Å²) >= 11 is 0. The van der Waals surface area contributed by atoms with Crippen LogP contribution in [0.3, 0.4) is 0 Å². The summed E-state index contributed by atoms with van der Waals surface area (Å²) in [7, 11) is 0. The fourth-order valence-corrected chi connectivity index (χ4v) is 2.19. The second-order valence-corrected chi connectivity index (χ2v) is 5.04. The molecule has 21 heavy (non-hydrogen) atoms. The molecular formula is C17H20NO3-. The minimum absolute atomic E-state index is 0.207. The van der Waals surface area contributed by atoms with Crippen molar-refractivity contribution in [2.24, 2.45) is 0 Å². The number of aryl methyl sites for hydroxylation is 1. The standard InChI is InChI=1S/C17H21NO3/c19-17(20)14-8-10-15(11-9-14)18-12-4-2-1-3-6-16-7-5-13-21-16/h5,7-11,13,18H,1-4,6,12H2,(H,19,20)/p-1. The van der Waals surface area contributed by atoms with Crippen molar-refractivity contribution in [2.45, 2.75) is 32.1 Å². The first-order valence-corrected chi connectivity index (χ1v) is 7.33. The van der Waals surface area contributed by atoms with Crippen LogP contribution >= 0.6 is 0 Å². The molecule has 1 aromatic heterocycles. The summed E-state index contributed by atoms with van der Waals surface area (Å²) in [6.45, 7) is 0.894. The quantitative estimate of drug-likeness (QED) is 0.720. The highest BCUT2D eigenvalue weighted by Crippen LogP contribution is 2.11. The minimum atomic E-state index is -1.14. The van der Waals surface area contributed by atoms with Crippen molar-refractivity contribution in [3.05, 3.63) is 54.0 Å².